The lowest BCUT2D eigenvalue weighted by Gasteiger charge is -2.26. The van der Waals surface area contributed by atoms with E-state index in [1.165, 1.54) is 0 Å². The van der Waals surface area contributed by atoms with Gasteiger partial charge in [0.05, 0.1) is 17.0 Å². The number of aromatic nitrogens is 2. The van der Waals surface area contributed by atoms with Gasteiger partial charge in [0, 0.05) is 12.1 Å². The lowest BCUT2D eigenvalue weighted by atomic mass is 9.87. The van der Waals surface area contributed by atoms with Crippen molar-refractivity contribution in [1.29, 1.82) is 0 Å². The zero-order valence-electron chi connectivity index (χ0n) is 13.4. The topological polar surface area (TPSA) is 98.0 Å². The Labute approximate surface area is 138 Å². The summed E-state index contributed by atoms with van der Waals surface area (Å²) in [5.41, 5.74) is 0.475. The number of aliphatic hydroxyl groups excluding tert-OH is 1. The molecule has 1 heterocycles. The summed E-state index contributed by atoms with van der Waals surface area (Å²) < 4.78 is 0.220. The Morgan fingerprint density at radius 3 is 2.74 bits per heavy atom. The molecule has 0 radical (unpaired) electrons. The van der Waals surface area contributed by atoms with E-state index in [1.807, 2.05) is 13.8 Å². The molecule has 0 saturated heterocycles. The van der Waals surface area contributed by atoms with Gasteiger partial charge in [0.1, 0.15) is 0 Å². The number of fused-ring (bicyclic) bond motifs is 1. The summed E-state index contributed by atoms with van der Waals surface area (Å²) in [5.74, 6) is -0.231. The molecule has 2 aromatic rings. The van der Waals surface area contributed by atoms with Crippen molar-refractivity contribution in [2.75, 3.05) is 6.54 Å². The standard InChI is InChI=1S/C16H21N3O3S/c1-9(20)7-16(2,3)8-17-13(21)10-4-5-11-12(6-10)18-15(23)19-14(11)22/h4-6,9,20H,7-8H2,1-3H3,(H,17,21)(H2,18,19,22,23)/t9-/m0/s1. The second-order valence-corrected chi connectivity index (χ2v) is 6.98. The van der Waals surface area contributed by atoms with Gasteiger partial charge in [0.25, 0.3) is 11.5 Å². The molecule has 0 saturated carbocycles. The zero-order chi connectivity index (χ0) is 17.2. The minimum absolute atomic E-state index is 0.211. The van der Waals surface area contributed by atoms with E-state index in [0.717, 1.165) is 0 Å². The van der Waals surface area contributed by atoms with Crippen LogP contribution in [0.3, 0.4) is 0 Å². The molecule has 0 bridgehead atoms. The van der Waals surface area contributed by atoms with Crippen LogP contribution in [0.1, 0.15) is 37.6 Å². The number of aromatic amines is 2. The van der Waals surface area contributed by atoms with Crippen molar-refractivity contribution in [3.05, 3.63) is 38.9 Å². The fraction of sp³-hybridized carbons (Fsp3) is 0.438. The largest absolute Gasteiger partial charge is 0.393 e. The Balaban J connectivity index is 2.19. The highest BCUT2D eigenvalue weighted by atomic mass is 32.1. The molecular formula is C16H21N3O3S. The van der Waals surface area contributed by atoms with Crippen molar-refractivity contribution in [2.24, 2.45) is 5.41 Å². The van der Waals surface area contributed by atoms with Crippen LogP contribution in [0.15, 0.2) is 23.0 Å². The molecule has 0 fully saturated rings. The third-order valence-electron chi connectivity index (χ3n) is 3.58. The van der Waals surface area contributed by atoms with Crippen molar-refractivity contribution in [3.63, 3.8) is 0 Å². The van der Waals surface area contributed by atoms with Gasteiger partial charge in [-0.15, -0.1) is 0 Å². The summed E-state index contributed by atoms with van der Waals surface area (Å²) in [6.07, 6.45) is 0.169. The minimum Gasteiger partial charge on any atom is -0.393 e. The molecule has 0 aliphatic carbocycles. The first-order chi connectivity index (χ1) is 10.7. The van der Waals surface area contributed by atoms with Crippen molar-refractivity contribution >= 4 is 29.0 Å². The van der Waals surface area contributed by atoms with Gasteiger partial charge in [-0.25, -0.2) is 0 Å². The Morgan fingerprint density at radius 2 is 2.09 bits per heavy atom. The van der Waals surface area contributed by atoms with Crippen LogP contribution in [0.2, 0.25) is 0 Å². The van der Waals surface area contributed by atoms with Gasteiger partial charge in [0.2, 0.25) is 0 Å². The van der Waals surface area contributed by atoms with Crippen LogP contribution >= 0.6 is 12.2 Å². The van der Waals surface area contributed by atoms with Crippen LogP contribution in [-0.4, -0.2) is 33.6 Å². The third-order valence-corrected chi connectivity index (χ3v) is 3.78. The first-order valence-electron chi connectivity index (χ1n) is 7.40. The van der Waals surface area contributed by atoms with Gasteiger partial charge in [-0.3, -0.25) is 14.6 Å². The second kappa shape index (κ2) is 6.64. The average Bonchev–Trinajstić information content (AvgIpc) is 2.42. The molecule has 0 spiro atoms. The maximum absolute atomic E-state index is 12.3. The molecule has 0 unspecified atom stereocenters. The van der Waals surface area contributed by atoms with Crippen molar-refractivity contribution in [2.45, 2.75) is 33.3 Å². The van der Waals surface area contributed by atoms with E-state index in [-0.39, 0.29) is 21.7 Å². The maximum atomic E-state index is 12.3. The number of H-pyrrole nitrogens is 2. The van der Waals surface area contributed by atoms with E-state index in [1.54, 1.807) is 25.1 Å². The first-order valence-corrected chi connectivity index (χ1v) is 7.81. The van der Waals surface area contributed by atoms with Crippen LogP contribution in [0.5, 0.6) is 0 Å². The van der Waals surface area contributed by atoms with Crippen LogP contribution in [-0.2, 0) is 0 Å². The van der Waals surface area contributed by atoms with Crippen LogP contribution in [0.25, 0.3) is 10.9 Å². The summed E-state index contributed by atoms with van der Waals surface area (Å²) >= 11 is 4.94. The van der Waals surface area contributed by atoms with Gasteiger partial charge >= 0.3 is 0 Å². The second-order valence-electron chi connectivity index (χ2n) is 6.57. The molecular weight excluding hydrogens is 314 g/mol. The van der Waals surface area contributed by atoms with E-state index in [0.29, 0.717) is 29.4 Å². The van der Waals surface area contributed by atoms with E-state index < -0.39 is 6.10 Å². The summed E-state index contributed by atoms with van der Waals surface area (Å²) in [7, 11) is 0. The number of rotatable bonds is 5. The van der Waals surface area contributed by atoms with E-state index in [9.17, 15) is 14.7 Å². The average molecular weight is 335 g/mol. The summed E-state index contributed by atoms with van der Waals surface area (Å²) in [4.78, 5) is 29.4. The van der Waals surface area contributed by atoms with Crippen molar-refractivity contribution < 1.29 is 9.90 Å². The Hall–Kier alpha value is -1.99. The predicted molar refractivity (Wildman–Crippen MR) is 92.2 cm³/mol. The maximum Gasteiger partial charge on any atom is 0.259 e. The Bertz CT molecular complexity index is 836. The number of nitrogens with one attached hydrogen (secondary N) is 3. The number of carbonyl (C=O) groups excluding carboxylic acids is 1. The highest BCUT2D eigenvalue weighted by Gasteiger charge is 2.21. The fourth-order valence-corrected chi connectivity index (χ4v) is 2.81. The van der Waals surface area contributed by atoms with Gasteiger partial charge in [-0.1, -0.05) is 13.8 Å². The lowest BCUT2D eigenvalue weighted by molar-refractivity contribution is 0.0902. The monoisotopic (exact) mass is 335 g/mol. The number of aliphatic hydroxyl groups is 1. The van der Waals surface area contributed by atoms with Crippen LogP contribution in [0.4, 0.5) is 0 Å². The Kier molecular flexibility index (Phi) is 5.01. The molecule has 2 rings (SSSR count). The first kappa shape index (κ1) is 17.4. The molecule has 1 amide bonds. The van der Waals surface area contributed by atoms with E-state index >= 15 is 0 Å². The van der Waals surface area contributed by atoms with Crippen LogP contribution < -0.4 is 10.9 Å². The molecule has 4 N–H and O–H groups in total. The minimum atomic E-state index is -0.422. The van der Waals surface area contributed by atoms with Crippen molar-refractivity contribution in [3.8, 4) is 0 Å². The lowest BCUT2D eigenvalue weighted by Crippen LogP contribution is -2.35. The van der Waals surface area contributed by atoms with E-state index in [4.69, 9.17) is 12.2 Å². The van der Waals surface area contributed by atoms with Gasteiger partial charge in [0.15, 0.2) is 4.77 Å². The third kappa shape index (κ3) is 4.49. The SMILES string of the molecule is C[C@H](O)CC(C)(C)CNC(=O)c1ccc2c(=O)[nH]c(=S)[nH]c2c1. The quantitative estimate of drug-likeness (QED) is 0.629. The molecule has 1 aromatic carbocycles. The summed E-state index contributed by atoms with van der Waals surface area (Å²) in [5, 5.41) is 12.8. The molecule has 6 nitrogen and oxygen atoms in total. The van der Waals surface area contributed by atoms with E-state index in [2.05, 4.69) is 15.3 Å². The molecule has 23 heavy (non-hydrogen) atoms. The smallest absolute Gasteiger partial charge is 0.259 e. The highest BCUT2D eigenvalue weighted by Crippen LogP contribution is 2.21. The molecule has 1 aromatic heterocycles. The number of hydrogen-bond acceptors (Lipinski definition) is 4. The van der Waals surface area contributed by atoms with Gasteiger partial charge in [-0.05, 0) is 49.2 Å². The molecule has 0 aliphatic heterocycles. The summed E-state index contributed by atoms with van der Waals surface area (Å²) in [6.45, 7) is 6.14. The molecule has 1 atom stereocenters. The normalized spacial score (nSPS) is 13.0. The zero-order valence-corrected chi connectivity index (χ0v) is 14.2. The predicted octanol–water partition coefficient (Wildman–Crippen LogP) is 2.11. The molecule has 124 valence electrons. The fourth-order valence-electron chi connectivity index (χ4n) is 2.60. The molecule has 0 aliphatic rings. The summed E-state index contributed by atoms with van der Waals surface area (Å²) in [6, 6.07) is 4.80. The Morgan fingerprint density at radius 1 is 1.39 bits per heavy atom. The van der Waals surface area contributed by atoms with Crippen LogP contribution in [0, 0.1) is 10.2 Å². The number of amides is 1. The number of hydrogen-bond donors (Lipinski definition) is 4. The highest BCUT2D eigenvalue weighted by molar-refractivity contribution is 7.71. The van der Waals surface area contributed by atoms with Gasteiger partial charge in [-0.2, -0.15) is 0 Å². The van der Waals surface area contributed by atoms with Crippen molar-refractivity contribution in [1.82, 2.24) is 15.3 Å². The molecule has 7 heteroatoms. The number of benzene rings is 1. The number of carbonyl (C=O) groups is 1. The van der Waals surface area contributed by atoms with Gasteiger partial charge < -0.3 is 15.4 Å².